The number of halogens is 1. The first-order chi connectivity index (χ1) is 7.58. The Morgan fingerprint density at radius 3 is 2.50 bits per heavy atom. The molecule has 0 fully saturated rings. The van der Waals surface area contributed by atoms with Gasteiger partial charge < -0.3 is 9.47 Å². The highest BCUT2D eigenvalue weighted by Crippen LogP contribution is 2.35. The molecule has 0 aromatic heterocycles. The van der Waals surface area contributed by atoms with Crippen LogP contribution in [-0.2, 0) is 4.79 Å². The molecule has 1 rings (SSSR count). The summed E-state index contributed by atoms with van der Waals surface area (Å²) in [6.45, 7) is 1.50. The first-order valence-electron chi connectivity index (χ1n) is 4.68. The number of benzene rings is 1. The summed E-state index contributed by atoms with van der Waals surface area (Å²) in [7, 11) is 3.14. The molecule has 1 aromatic carbocycles. The van der Waals surface area contributed by atoms with Crippen molar-refractivity contribution in [1.29, 1.82) is 0 Å². The van der Waals surface area contributed by atoms with E-state index in [0.29, 0.717) is 11.5 Å². The first-order valence-corrected chi connectivity index (χ1v) is 5.48. The molecule has 0 atom stereocenters. The van der Waals surface area contributed by atoms with Gasteiger partial charge in [-0.3, -0.25) is 4.79 Å². The lowest BCUT2D eigenvalue weighted by atomic mass is 10.1. The van der Waals surface area contributed by atoms with Gasteiger partial charge in [0.25, 0.3) is 0 Å². The molecule has 3 nitrogen and oxygen atoms in total. The lowest BCUT2D eigenvalue weighted by Crippen LogP contribution is -1.93. The molecule has 0 aliphatic heterocycles. The molecule has 0 saturated heterocycles. The fraction of sp³-hybridized carbons (Fsp3) is 0.250. The van der Waals surface area contributed by atoms with Gasteiger partial charge in [-0.05, 0) is 31.2 Å². The minimum atomic E-state index is -0.0130. The maximum atomic E-state index is 10.9. The summed E-state index contributed by atoms with van der Waals surface area (Å²) in [5.41, 5.74) is 0.795. The van der Waals surface area contributed by atoms with Crippen LogP contribution >= 0.6 is 15.9 Å². The van der Waals surface area contributed by atoms with E-state index >= 15 is 0 Å². The van der Waals surface area contributed by atoms with Crippen LogP contribution in [0.2, 0.25) is 0 Å². The van der Waals surface area contributed by atoms with Gasteiger partial charge in [0.05, 0.1) is 14.2 Å². The maximum Gasteiger partial charge on any atom is 0.167 e. The van der Waals surface area contributed by atoms with E-state index < -0.39 is 0 Å². The van der Waals surface area contributed by atoms with Gasteiger partial charge in [0.15, 0.2) is 17.3 Å². The molecular weight excluding hydrogens is 272 g/mol. The quantitative estimate of drug-likeness (QED) is 0.797. The molecule has 4 heteroatoms. The Morgan fingerprint density at radius 1 is 1.31 bits per heavy atom. The van der Waals surface area contributed by atoms with E-state index in [9.17, 15) is 4.79 Å². The van der Waals surface area contributed by atoms with Crippen LogP contribution in [0.4, 0.5) is 0 Å². The molecular formula is C12H13BrO3. The van der Waals surface area contributed by atoms with Crippen molar-refractivity contribution in [2.45, 2.75) is 6.92 Å². The van der Waals surface area contributed by atoms with Crippen LogP contribution in [0.15, 0.2) is 22.7 Å². The summed E-state index contributed by atoms with van der Waals surface area (Å²) in [5, 5.41) is 0. The molecule has 0 heterocycles. The minimum Gasteiger partial charge on any atom is -0.493 e. The molecule has 0 aliphatic carbocycles. The second kappa shape index (κ2) is 5.70. The van der Waals surface area contributed by atoms with Crippen LogP contribution < -0.4 is 9.47 Å². The van der Waals surface area contributed by atoms with Gasteiger partial charge in [-0.2, -0.15) is 0 Å². The monoisotopic (exact) mass is 284 g/mol. The second-order valence-corrected chi connectivity index (χ2v) is 4.09. The van der Waals surface area contributed by atoms with Crippen LogP contribution in [-0.4, -0.2) is 20.0 Å². The van der Waals surface area contributed by atoms with Crippen molar-refractivity contribution in [3.05, 3.63) is 28.2 Å². The smallest absolute Gasteiger partial charge is 0.167 e. The van der Waals surface area contributed by atoms with Crippen LogP contribution in [0, 0.1) is 0 Å². The molecule has 0 bridgehead atoms. The zero-order valence-electron chi connectivity index (χ0n) is 9.41. The fourth-order valence-electron chi connectivity index (χ4n) is 1.29. The van der Waals surface area contributed by atoms with Crippen molar-refractivity contribution in [3.63, 3.8) is 0 Å². The third-order valence-corrected chi connectivity index (χ3v) is 2.43. The Hall–Kier alpha value is -1.29. The summed E-state index contributed by atoms with van der Waals surface area (Å²) in [5.74, 6) is 1.23. The molecule has 0 spiro atoms. The molecule has 16 heavy (non-hydrogen) atoms. The van der Waals surface area contributed by atoms with E-state index in [1.54, 1.807) is 20.3 Å². The molecule has 0 N–H and O–H groups in total. The number of ketones is 1. The topological polar surface area (TPSA) is 35.5 Å². The van der Waals surface area contributed by atoms with Gasteiger partial charge in [-0.1, -0.05) is 15.9 Å². The third kappa shape index (κ3) is 3.10. The molecule has 0 aliphatic rings. The Morgan fingerprint density at radius 2 is 2.00 bits per heavy atom. The van der Waals surface area contributed by atoms with Crippen molar-refractivity contribution >= 4 is 27.8 Å². The largest absolute Gasteiger partial charge is 0.493 e. The normalized spacial score (nSPS) is 10.5. The van der Waals surface area contributed by atoms with Crippen molar-refractivity contribution < 1.29 is 14.3 Å². The van der Waals surface area contributed by atoms with E-state index in [4.69, 9.17) is 9.47 Å². The van der Waals surface area contributed by atoms with E-state index in [-0.39, 0.29) is 5.78 Å². The molecule has 0 radical (unpaired) electrons. The van der Waals surface area contributed by atoms with Gasteiger partial charge in [0.1, 0.15) is 0 Å². The Balaban J connectivity index is 3.25. The standard InChI is InChI=1S/C12H13BrO3/c1-8(14)4-5-9-6-10(13)7-11(15-2)12(9)16-3/h4-7H,1-3H3/b5-4+. The lowest BCUT2D eigenvalue weighted by molar-refractivity contribution is -0.112. The van der Waals surface area contributed by atoms with Crippen LogP contribution in [0.25, 0.3) is 6.08 Å². The Bertz CT molecular complexity index is 425. The van der Waals surface area contributed by atoms with Crippen molar-refractivity contribution in [3.8, 4) is 11.5 Å². The molecule has 0 amide bonds. The van der Waals surface area contributed by atoms with Crippen molar-refractivity contribution in [2.24, 2.45) is 0 Å². The van der Waals surface area contributed by atoms with Crippen molar-refractivity contribution in [2.75, 3.05) is 14.2 Å². The van der Waals surface area contributed by atoms with Gasteiger partial charge in [-0.25, -0.2) is 0 Å². The number of methoxy groups -OCH3 is 2. The van der Waals surface area contributed by atoms with E-state index in [1.165, 1.54) is 13.0 Å². The van der Waals surface area contributed by atoms with Crippen LogP contribution in [0.1, 0.15) is 12.5 Å². The fourth-order valence-corrected chi connectivity index (χ4v) is 1.74. The van der Waals surface area contributed by atoms with Gasteiger partial charge in [-0.15, -0.1) is 0 Å². The van der Waals surface area contributed by atoms with Gasteiger partial charge >= 0.3 is 0 Å². The number of allylic oxidation sites excluding steroid dienone is 1. The molecule has 0 unspecified atom stereocenters. The molecule has 86 valence electrons. The van der Waals surface area contributed by atoms with Crippen LogP contribution in [0.3, 0.4) is 0 Å². The Labute approximate surface area is 103 Å². The summed E-state index contributed by atoms with van der Waals surface area (Å²) in [6, 6.07) is 3.67. The minimum absolute atomic E-state index is 0.0130. The van der Waals surface area contributed by atoms with Crippen LogP contribution in [0.5, 0.6) is 11.5 Å². The van der Waals surface area contributed by atoms with E-state index in [1.807, 2.05) is 12.1 Å². The Kier molecular flexibility index (Phi) is 4.55. The predicted octanol–water partition coefficient (Wildman–Crippen LogP) is 3.07. The van der Waals surface area contributed by atoms with Crippen molar-refractivity contribution in [1.82, 2.24) is 0 Å². The van der Waals surface area contributed by atoms with Gasteiger partial charge in [0.2, 0.25) is 0 Å². The number of rotatable bonds is 4. The number of hydrogen-bond donors (Lipinski definition) is 0. The first kappa shape index (κ1) is 12.8. The molecule has 0 saturated carbocycles. The highest BCUT2D eigenvalue weighted by Gasteiger charge is 2.09. The number of carbonyl (C=O) groups excluding carboxylic acids is 1. The number of carbonyl (C=O) groups is 1. The third-order valence-electron chi connectivity index (χ3n) is 1.97. The van der Waals surface area contributed by atoms with E-state index in [2.05, 4.69) is 15.9 Å². The SMILES string of the molecule is COc1cc(Br)cc(/C=C/C(C)=O)c1OC. The summed E-state index contributed by atoms with van der Waals surface area (Å²) in [4.78, 5) is 10.9. The molecule has 1 aromatic rings. The highest BCUT2D eigenvalue weighted by molar-refractivity contribution is 9.10. The lowest BCUT2D eigenvalue weighted by Gasteiger charge is -2.11. The zero-order valence-corrected chi connectivity index (χ0v) is 11.0. The summed E-state index contributed by atoms with van der Waals surface area (Å²) >= 11 is 3.37. The summed E-state index contributed by atoms with van der Waals surface area (Å²) in [6.07, 6.45) is 3.19. The maximum absolute atomic E-state index is 10.9. The zero-order chi connectivity index (χ0) is 12.1. The second-order valence-electron chi connectivity index (χ2n) is 3.17. The summed E-state index contributed by atoms with van der Waals surface area (Å²) < 4.78 is 11.3. The number of ether oxygens (including phenoxy) is 2. The average molecular weight is 285 g/mol. The highest BCUT2D eigenvalue weighted by atomic mass is 79.9. The number of hydrogen-bond acceptors (Lipinski definition) is 3. The van der Waals surface area contributed by atoms with Gasteiger partial charge in [0, 0.05) is 10.0 Å². The van der Waals surface area contributed by atoms with E-state index in [0.717, 1.165) is 10.0 Å². The average Bonchev–Trinajstić information content (AvgIpc) is 2.25. The predicted molar refractivity (Wildman–Crippen MR) is 67.0 cm³/mol.